The van der Waals surface area contributed by atoms with Crippen molar-refractivity contribution < 1.29 is 4.42 Å². The van der Waals surface area contributed by atoms with E-state index in [0.717, 1.165) is 27.9 Å². The Morgan fingerprint density at radius 2 is 1.27 bits per heavy atom. The SMILES string of the molecule is c1ccc(N(c2ccc3ccc4oc5ccccc5c4c3c2)c2cccc3c2sc2ccccc23)cc1. The van der Waals surface area contributed by atoms with Crippen LogP contribution in [0.15, 0.2) is 132 Å². The molecule has 0 fully saturated rings. The number of anilines is 3. The summed E-state index contributed by atoms with van der Waals surface area (Å²) in [6.07, 6.45) is 0. The van der Waals surface area contributed by atoms with E-state index in [9.17, 15) is 0 Å². The van der Waals surface area contributed by atoms with Gasteiger partial charge in [0.1, 0.15) is 11.2 Å². The van der Waals surface area contributed by atoms with Crippen LogP contribution in [0.1, 0.15) is 0 Å². The molecule has 0 radical (unpaired) electrons. The molecule has 0 saturated carbocycles. The zero-order chi connectivity index (χ0) is 24.3. The minimum Gasteiger partial charge on any atom is -0.456 e. The molecule has 0 amide bonds. The molecule has 0 aliphatic heterocycles. The third-order valence-corrected chi connectivity index (χ3v) is 8.45. The summed E-state index contributed by atoms with van der Waals surface area (Å²) in [6.45, 7) is 0. The fourth-order valence-corrected chi connectivity index (χ4v) is 6.79. The molecule has 2 heterocycles. The van der Waals surface area contributed by atoms with Crippen molar-refractivity contribution in [3.63, 3.8) is 0 Å². The number of hydrogen-bond donors (Lipinski definition) is 0. The van der Waals surface area contributed by atoms with E-state index in [4.69, 9.17) is 4.42 Å². The molecule has 6 aromatic carbocycles. The Morgan fingerprint density at radius 3 is 2.19 bits per heavy atom. The second kappa shape index (κ2) is 7.95. The maximum atomic E-state index is 6.21. The molecular weight excluding hydrogens is 470 g/mol. The largest absolute Gasteiger partial charge is 0.456 e. The number of fused-ring (bicyclic) bond motifs is 8. The Labute approximate surface area is 217 Å². The maximum absolute atomic E-state index is 6.21. The zero-order valence-electron chi connectivity index (χ0n) is 19.9. The molecule has 3 heteroatoms. The van der Waals surface area contributed by atoms with Crippen molar-refractivity contribution in [2.45, 2.75) is 0 Å². The van der Waals surface area contributed by atoms with Gasteiger partial charge in [-0.3, -0.25) is 0 Å². The smallest absolute Gasteiger partial charge is 0.136 e. The quantitative estimate of drug-likeness (QED) is 0.244. The number of rotatable bonds is 3. The van der Waals surface area contributed by atoms with Crippen LogP contribution >= 0.6 is 11.3 Å². The van der Waals surface area contributed by atoms with Gasteiger partial charge in [-0.1, -0.05) is 78.9 Å². The Kier molecular flexibility index (Phi) is 4.42. The van der Waals surface area contributed by atoms with Crippen LogP contribution in [0, 0.1) is 0 Å². The van der Waals surface area contributed by atoms with Gasteiger partial charge in [0, 0.05) is 37.6 Å². The molecule has 0 saturated heterocycles. The van der Waals surface area contributed by atoms with E-state index >= 15 is 0 Å². The highest BCUT2D eigenvalue weighted by molar-refractivity contribution is 7.26. The lowest BCUT2D eigenvalue weighted by Gasteiger charge is -2.26. The molecule has 0 aliphatic rings. The van der Waals surface area contributed by atoms with Gasteiger partial charge in [-0.2, -0.15) is 0 Å². The summed E-state index contributed by atoms with van der Waals surface area (Å²) >= 11 is 1.86. The fourth-order valence-electron chi connectivity index (χ4n) is 5.58. The van der Waals surface area contributed by atoms with E-state index in [1.807, 2.05) is 23.5 Å². The van der Waals surface area contributed by atoms with E-state index in [0.29, 0.717) is 0 Å². The van der Waals surface area contributed by atoms with E-state index in [2.05, 4.69) is 120 Å². The van der Waals surface area contributed by atoms with Crippen molar-refractivity contribution in [1.29, 1.82) is 0 Å². The molecule has 0 N–H and O–H groups in total. The van der Waals surface area contributed by atoms with E-state index < -0.39 is 0 Å². The fraction of sp³-hybridized carbons (Fsp3) is 0. The normalized spacial score (nSPS) is 11.8. The molecule has 0 bridgehead atoms. The summed E-state index contributed by atoms with van der Waals surface area (Å²) in [5.41, 5.74) is 5.29. The number of nitrogens with zero attached hydrogens (tertiary/aromatic N) is 1. The molecular formula is C34H21NOS. The summed E-state index contributed by atoms with van der Waals surface area (Å²) in [5, 5.41) is 7.33. The third-order valence-electron chi connectivity index (χ3n) is 7.24. The second-order valence-electron chi connectivity index (χ2n) is 9.37. The van der Waals surface area contributed by atoms with Gasteiger partial charge < -0.3 is 9.32 Å². The van der Waals surface area contributed by atoms with E-state index in [-0.39, 0.29) is 0 Å². The lowest BCUT2D eigenvalue weighted by Crippen LogP contribution is -2.09. The Balaban J connectivity index is 1.44. The first kappa shape index (κ1) is 20.6. The standard InChI is InChI=1S/C34H21NOS/c1-2-9-23(10-3-1)35(29-14-8-13-26-25-11-5-7-16-32(25)37-34(26)29)24-19-17-22-18-20-31-33(28(22)21-24)27-12-4-6-15-30(27)36-31/h1-21H. The van der Waals surface area contributed by atoms with Crippen molar-refractivity contribution in [2.24, 2.45) is 0 Å². The van der Waals surface area contributed by atoms with Gasteiger partial charge in [-0.05, 0) is 59.3 Å². The first-order valence-corrected chi connectivity index (χ1v) is 13.3. The van der Waals surface area contributed by atoms with Gasteiger partial charge in [-0.15, -0.1) is 11.3 Å². The second-order valence-corrected chi connectivity index (χ2v) is 10.4. The summed E-state index contributed by atoms with van der Waals surface area (Å²) in [5.74, 6) is 0. The van der Waals surface area contributed by atoms with Gasteiger partial charge in [0.15, 0.2) is 0 Å². The van der Waals surface area contributed by atoms with Gasteiger partial charge in [0.25, 0.3) is 0 Å². The lowest BCUT2D eigenvalue weighted by molar-refractivity contribution is 0.669. The van der Waals surface area contributed by atoms with Crippen LogP contribution in [-0.4, -0.2) is 0 Å². The molecule has 8 rings (SSSR count). The number of benzene rings is 6. The molecule has 2 aromatic heterocycles. The molecule has 0 spiro atoms. The summed E-state index contributed by atoms with van der Waals surface area (Å²) < 4.78 is 8.81. The van der Waals surface area contributed by atoms with Crippen molar-refractivity contribution in [1.82, 2.24) is 0 Å². The molecule has 0 unspecified atom stereocenters. The van der Waals surface area contributed by atoms with Gasteiger partial charge in [0.2, 0.25) is 0 Å². The predicted octanol–water partition coefficient (Wildman–Crippen LogP) is 10.6. The molecule has 2 nitrogen and oxygen atoms in total. The van der Waals surface area contributed by atoms with Crippen molar-refractivity contribution in [3.05, 3.63) is 127 Å². The lowest BCUT2D eigenvalue weighted by atomic mass is 10.0. The maximum Gasteiger partial charge on any atom is 0.136 e. The van der Waals surface area contributed by atoms with Gasteiger partial charge >= 0.3 is 0 Å². The average molecular weight is 492 g/mol. The molecule has 8 aromatic rings. The molecule has 0 aliphatic carbocycles. The molecule has 0 atom stereocenters. The molecule has 37 heavy (non-hydrogen) atoms. The van der Waals surface area contributed by atoms with Crippen molar-refractivity contribution in [3.8, 4) is 0 Å². The number of furan rings is 1. The van der Waals surface area contributed by atoms with E-state index in [1.165, 1.54) is 42.0 Å². The summed E-state index contributed by atoms with van der Waals surface area (Å²) in [6, 6.07) is 45.3. The van der Waals surface area contributed by atoms with Crippen LogP contribution in [-0.2, 0) is 0 Å². The minimum atomic E-state index is 0.920. The van der Waals surface area contributed by atoms with Crippen LogP contribution in [0.2, 0.25) is 0 Å². The van der Waals surface area contributed by atoms with Crippen LogP contribution in [0.4, 0.5) is 17.1 Å². The van der Waals surface area contributed by atoms with Crippen LogP contribution in [0.3, 0.4) is 0 Å². The first-order chi connectivity index (χ1) is 18.3. The zero-order valence-corrected chi connectivity index (χ0v) is 20.7. The van der Waals surface area contributed by atoms with E-state index in [1.54, 1.807) is 0 Å². The first-order valence-electron chi connectivity index (χ1n) is 12.4. The Hall–Kier alpha value is -4.60. The minimum absolute atomic E-state index is 0.920. The van der Waals surface area contributed by atoms with Gasteiger partial charge in [-0.25, -0.2) is 0 Å². The Morgan fingerprint density at radius 1 is 0.514 bits per heavy atom. The predicted molar refractivity (Wildman–Crippen MR) is 159 cm³/mol. The Bertz CT molecular complexity index is 2100. The van der Waals surface area contributed by atoms with Crippen LogP contribution in [0.5, 0.6) is 0 Å². The van der Waals surface area contributed by atoms with Crippen LogP contribution in [0.25, 0.3) is 52.9 Å². The highest BCUT2D eigenvalue weighted by Gasteiger charge is 2.19. The summed E-state index contributed by atoms with van der Waals surface area (Å²) in [4.78, 5) is 2.39. The summed E-state index contributed by atoms with van der Waals surface area (Å²) in [7, 11) is 0. The number of hydrogen-bond acceptors (Lipinski definition) is 3. The van der Waals surface area contributed by atoms with Crippen molar-refractivity contribution >= 4 is 81.3 Å². The molecule has 174 valence electrons. The van der Waals surface area contributed by atoms with Crippen LogP contribution < -0.4 is 4.90 Å². The van der Waals surface area contributed by atoms with Crippen molar-refractivity contribution in [2.75, 3.05) is 4.90 Å². The topological polar surface area (TPSA) is 16.4 Å². The highest BCUT2D eigenvalue weighted by atomic mass is 32.1. The number of thiophene rings is 1. The highest BCUT2D eigenvalue weighted by Crippen LogP contribution is 2.45. The van der Waals surface area contributed by atoms with Gasteiger partial charge in [0.05, 0.1) is 10.4 Å². The third kappa shape index (κ3) is 3.11. The number of para-hydroxylation sites is 2. The average Bonchev–Trinajstić information content (AvgIpc) is 3.53. The monoisotopic (exact) mass is 491 g/mol.